The Labute approximate surface area is 177 Å². The Morgan fingerprint density at radius 2 is 1.79 bits per heavy atom. The van der Waals surface area contributed by atoms with Gasteiger partial charge in [0.15, 0.2) is 0 Å². The monoisotopic (exact) mass is 474 g/mol. The minimum Gasteiger partial charge on any atom is -0.496 e. The summed E-state index contributed by atoms with van der Waals surface area (Å²) in [6.07, 6.45) is 0.637. The van der Waals surface area contributed by atoms with Crippen LogP contribution in [0.15, 0.2) is 76.1 Å². The lowest BCUT2D eigenvalue weighted by molar-refractivity contribution is 0.102. The summed E-state index contributed by atoms with van der Waals surface area (Å²) in [4.78, 5) is 12.6. The Hall–Kier alpha value is -2.68. The highest BCUT2D eigenvalue weighted by atomic mass is 79.9. The Morgan fingerprint density at radius 3 is 2.45 bits per heavy atom. The predicted octanol–water partition coefficient (Wildman–Crippen LogP) is 3.95. The first-order valence-electron chi connectivity index (χ1n) is 8.62. The van der Waals surface area contributed by atoms with E-state index >= 15 is 0 Å². The lowest BCUT2D eigenvalue weighted by atomic mass is 10.0. The van der Waals surface area contributed by atoms with E-state index in [0.29, 0.717) is 22.3 Å². The molecule has 0 aromatic heterocycles. The van der Waals surface area contributed by atoms with E-state index in [1.807, 2.05) is 36.4 Å². The van der Waals surface area contributed by atoms with Crippen LogP contribution in [-0.2, 0) is 16.4 Å². The average molecular weight is 475 g/mol. The van der Waals surface area contributed by atoms with Gasteiger partial charge in [-0.2, -0.15) is 0 Å². The quantitative estimate of drug-likeness (QED) is 0.564. The van der Waals surface area contributed by atoms with E-state index in [1.165, 1.54) is 18.2 Å². The number of halogens is 1. The third kappa shape index (κ3) is 5.23. The molecule has 0 radical (unpaired) electrons. The van der Waals surface area contributed by atoms with Crippen molar-refractivity contribution in [1.82, 2.24) is 0 Å². The number of carbonyl (C=O) groups is 1. The molecule has 0 heterocycles. The Balaban J connectivity index is 1.89. The number of amides is 1. The highest BCUT2D eigenvalue weighted by Gasteiger charge is 2.16. The zero-order valence-electron chi connectivity index (χ0n) is 15.6. The number of methoxy groups -OCH3 is 1. The van der Waals surface area contributed by atoms with E-state index in [2.05, 4.69) is 21.2 Å². The molecule has 0 aliphatic rings. The number of sulfonamides is 1. The number of nitrogens with two attached hydrogens (primary N) is 1. The summed E-state index contributed by atoms with van der Waals surface area (Å²) < 4.78 is 29.1. The van der Waals surface area contributed by atoms with E-state index < -0.39 is 15.9 Å². The van der Waals surface area contributed by atoms with Crippen LogP contribution < -0.4 is 15.2 Å². The minimum atomic E-state index is -3.92. The number of rotatable bonds is 6. The molecule has 0 fully saturated rings. The molecule has 0 saturated carbocycles. The predicted molar refractivity (Wildman–Crippen MR) is 116 cm³/mol. The summed E-state index contributed by atoms with van der Waals surface area (Å²) >= 11 is 3.28. The summed E-state index contributed by atoms with van der Waals surface area (Å²) in [6.45, 7) is 0. The van der Waals surface area contributed by atoms with Crippen molar-refractivity contribution >= 4 is 37.5 Å². The third-order valence-electron chi connectivity index (χ3n) is 4.29. The van der Waals surface area contributed by atoms with Crippen molar-refractivity contribution in [2.45, 2.75) is 11.3 Å². The molecule has 0 spiro atoms. The van der Waals surface area contributed by atoms with Crippen LogP contribution in [0.4, 0.5) is 5.69 Å². The van der Waals surface area contributed by atoms with Crippen molar-refractivity contribution < 1.29 is 17.9 Å². The van der Waals surface area contributed by atoms with Gasteiger partial charge in [0.2, 0.25) is 10.0 Å². The molecule has 3 aromatic rings. The summed E-state index contributed by atoms with van der Waals surface area (Å²) in [5.74, 6) is 0.252. The number of carbonyl (C=O) groups excluding carboxylic acids is 1. The number of nitrogens with one attached hydrogen (secondary N) is 1. The van der Waals surface area contributed by atoms with Gasteiger partial charge in [0, 0.05) is 22.1 Å². The van der Waals surface area contributed by atoms with Crippen LogP contribution >= 0.6 is 15.9 Å². The maximum absolute atomic E-state index is 12.7. The molecule has 0 saturated heterocycles. The van der Waals surface area contributed by atoms with Crippen LogP contribution in [0.5, 0.6) is 5.75 Å². The van der Waals surface area contributed by atoms with Gasteiger partial charge in [-0.05, 0) is 57.9 Å². The van der Waals surface area contributed by atoms with Gasteiger partial charge in [-0.15, -0.1) is 0 Å². The molecule has 0 atom stereocenters. The molecular weight excluding hydrogens is 456 g/mol. The summed E-state index contributed by atoms with van der Waals surface area (Å²) in [6, 6.07) is 19.3. The van der Waals surface area contributed by atoms with E-state index in [0.717, 1.165) is 11.1 Å². The summed E-state index contributed by atoms with van der Waals surface area (Å²) in [5, 5.41) is 7.96. The molecule has 29 heavy (non-hydrogen) atoms. The highest BCUT2D eigenvalue weighted by molar-refractivity contribution is 9.10. The zero-order chi connectivity index (χ0) is 21.0. The molecule has 3 aromatic carbocycles. The Bertz CT molecular complexity index is 1150. The van der Waals surface area contributed by atoms with Crippen molar-refractivity contribution in [2.24, 2.45) is 5.14 Å². The van der Waals surface area contributed by atoms with Gasteiger partial charge in [0.05, 0.1) is 17.6 Å². The van der Waals surface area contributed by atoms with Crippen LogP contribution in [0, 0.1) is 0 Å². The largest absolute Gasteiger partial charge is 0.496 e. The molecule has 150 valence electrons. The minimum absolute atomic E-state index is 0.134. The standard InChI is InChI=1S/C21H19BrN2O4S/c1-28-20-10-7-16(12-15(20)11-14-5-3-2-4-6-14)24-21(25)18-13-17(29(23,26)27)8-9-19(18)22/h2-10,12-13H,11H2,1H3,(H,24,25)(H2,23,26,27). The van der Waals surface area contributed by atoms with Crippen molar-refractivity contribution in [3.8, 4) is 5.75 Å². The van der Waals surface area contributed by atoms with Crippen molar-refractivity contribution in [3.05, 3.63) is 87.9 Å². The zero-order valence-corrected chi connectivity index (χ0v) is 18.0. The average Bonchev–Trinajstić information content (AvgIpc) is 2.68. The normalized spacial score (nSPS) is 11.1. The fourth-order valence-corrected chi connectivity index (χ4v) is 3.83. The first kappa shape index (κ1) is 21.0. The van der Waals surface area contributed by atoms with Crippen molar-refractivity contribution in [1.29, 1.82) is 0 Å². The Kier molecular flexibility index (Phi) is 6.36. The van der Waals surface area contributed by atoms with Crippen LogP contribution in [0.3, 0.4) is 0 Å². The van der Waals surface area contributed by atoms with Gasteiger partial charge in [0.25, 0.3) is 5.91 Å². The lowest BCUT2D eigenvalue weighted by Crippen LogP contribution is -2.16. The molecule has 3 N–H and O–H groups in total. The van der Waals surface area contributed by atoms with E-state index in [9.17, 15) is 13.2 Å². The number of hydrogen-bond donors (Lipinski definition) is 2. The summed E-state index contributed by atoms with van der Waals surface area (Å²) in [7, 11) is -2.32. The lowest BCUT2D eigenvalue weighted by Gasteiger charge is -2.13. The van der Waals surface area contributed by atoms with Crippen LogP contribution in [0.25, 0.3) is 0 Å². The van der Waals surface area contributed by atoms with Gasteiger partial charge >= 0.3 is 0 Å². The Morgan fingerprint density at radius 1 is 1.07 bits per heavy atom. The van der Waals surface area contributed by atoms with Gasteiger partial charge in [0.1, 0.15) is 5.75 Å². The van der Waals surface area contributed by atoms with Crippen LogP contribution in [0.2, 0.25) is 0 Å². The van der Waals surface area contributed by atoms with Crippen molar-refractivity contribution in [3.63, 3.8) is 0 Å². The second kappa shape index (κ2) is 8.77. The smallest absolute Gasteiger partial charge is 0.256 e. The number of benzene rings is 3. The summed E-state index contributed by atoms with van der Waals surface area (Å²) in [5.41, 5.74) is 2.75. The fraction of sp³-hybridized carbons (Fsp3) is 0.0952. The number of anilines is 1. The van der Waals surface area contributed by atoms with E-state index in [4.69, 9.17) is 9.88 Å². The van der Waals surface area contributed by atoms with Gasteiger partial charge in [-0.25, -0.2) is 13.6 Å². The van der Waals surface area contributed by atoms with Crippen molar-refractivity contribution in [2.75, 3.05) is 12.4 Å². The highest BCUT2D eigenvalue weighted by Crippen LogP contribution is 2.27. The first-order valence-corrected chi connectivity index (χ1v) is 11.0. The molecule has 1 amide bonds. The molecule has 0 aliphatic carbocycles. The maximum atomic E-state index is 12.7. The third-order valence-corrected chi connectivity index (χ3v) is 5.89. The molecule has 0 bridgehead atoms. The van der Waals surface area contributed by atoms with E-state index in [1.54, 1.807) is 19.2 Å². The van der Waals surface area contributed by atoms with Gasteiger partial charge in [-0.1, -0.05) is 30.3 Å². The SMILES string of the molecule is COc1ccc(NC(=O)c2cc(S(N)(=O)=O)ccc2Br)cc1Cc1ccccc1. The molecule has 0 unspecified atom stereocenters. The van der Waals surface area contributed by atoms with Crippen LogP contribution in [-0.4, -0.2) is 21.4 Å². The molecule has 0 aliphatic heterocycles. The van der Waals surface area contributed by atoms with Crippen LogP contribution in [0.1, 0.15) is 21.5 Å². The maximum Gasteiger partial charge on any atom is 0.256 e. The number of primary sulfonamides is 1. The molecular formula is C21H19BrN2O4S. The van der Waals surface area contributed by atoms with Gasteiger partial charge in [-0.3, -0.25) is 4.79 Å². The second-order valence-corrected chi connectivity index (χ2v) is 8.75. The number of hydrogen-bond acceptors (Lipinski definition) is 4. The first-order chi connectivity index (χ1) is 13.8. The van der Waals surface area contributed by atoms with Gasteiger partial charge < -0.3 is 10.1 Å². The molecule has 6 nitrogen and oxygen atoms in total. The molecule has 8 heteroatoms. The fourth-order valence-electron chi connectivity index (χ4n) is 2.86. The second-order valence-electron chi connectivity index (χ2n) is 6.33. The number of ether oxygens (including phenoxy) is 1. The molecule has 3 rings (SSSR count). The van der Waals surface area contributed by atoms with E-state index in [-0.39, 0.29) is 10.5 Å². The topological polar surface area (TPSA) is 98.5 Å².